The summed E-state index contributed by atoms with van der Waals surface area (Å²) in [4.78, 5) is 11.5. The molecule has 2 aromatic rings. The fraction of sp³-hybridized carbons (Fsp3) is 0.333. The van der Waals surface area contributed by atoms with E-state index in [4.69, 9.17) is 4.42 Å². The zero-order valence-corrected chi connectivity index (χ0v) is 11.4. The van der Waals surface area contributed by atoms with E-state index < -0.39 is 5.97 Å². The molecule has 0 bridgehead atoms. The summed E-state index contributed by atoms with van der Waals surface area (Å²) in [5.41, 5.74) is 1.87. The molecule has 1 aliphatic rings. The van der Waals surface area contributed by atoms with Gasteiger partial charge in [-0.05, 0) is 22.4 Å². The molecule has 18 heavy (non-hydrogen) atoms. The fourth-order valence-electron chi connectivity index (χ4n) is 2.21. The zero-order valence-electron chi connectivity index (χ0n) is 9.77. The van der Waals surface area contributed by atoms with Crippen molar-refractivity contribution in [2.75, 3.05) is 7.11 Å². The van der Waals surface area contributed by atoms with Gasteiger partial charge in [0.05, 0.1) is 23.5 Å². The number of furan rings is 1. The van der Waals surface area contributed by atoms with Gasteiger partial charge < -0.3 is 9.15 Å². The second-order valence-corrected chi connectivity index (χ2v) is 4.96. The molecule has 0 aliphatic carbocycles. The average Bonchev–Trinajstić information content (AvgIpc) is 2.89. The van der Waals surface area contributed by atoms with Crippen LogP contribution in [0, 0.1) is 0 Å². The molecule has 0 fully saturated rings. The number of carbonyl (C=O) groups is 1. The minimum Gasteiger partial charge on any atom is -0.463 e. The molecule has 0 atom stereocenters. The first-order chi connectivity index (χ1) is 8.70. The van der Waals surface area contributed by atoms with Crippen molar-refractivity contribution in [3.8, 4) is 11.3 Å². The van der Waals surface area contributed by atoms with Gasteiger partial charge in [-0.25, -0.2) is 4.79 Å². The Hall–Kier alpha value is -1.56. The van der Waals surface area contributed by atoms with Crippen LogP contribution in [0.5, 0.6) is 0 Å². The van der Waals surface area contributed by atoms with Gasteiger partial charge in [-0.1, -0.05) is 0 Å². The molecule has 5 nitrogen and oxygen atoms in total. The average molecular weight is 311 g/mol. The minimum atomic E-state index is -0.453. The van der Waals surface area contributed by atoms with Crippen molar-refractivity contribution in [3.05, 3.63) is 28.3 Å². The third-order valence-corrected chi connectivity index (χ3v) is 3.60. The van der Waals surface area contributed by atoms with Gasteiger partial charge in [-0.2, -0.15) is 5.10 Å². The predicted octanol–water partition coefficient (Wildman–Crippen LogP) is 2.64. The number of nitrogens with zero attached hydrogens (tertiary/aromatic N) is 2. The standard InChI is InChI=1S/C12H11BrN2O3/c1-17-12(16)10-5-7-9(18-10)3-2-4-15-11(7)8(13)6-14-15/h5-6H,2-4H2,1H3. The molecular weight excluding hydrogens is 300 g/mol. The van der Waals surface area contributed by atoms with Crippen LogP contribution >= 0.6 is 15.9 Å². The summed E-state index contributed by atoms with van der Waals surface area (Å²) >= 11 is 3.48. The summed E-state index contributed by atoms with van der Waals surface area (Å²) in [5, 5.41) is 4.30. The number of methoxy groups -OCH3 is 1. The number of carbonyl (C=O) groups excluding carboxylic acids is 1. The SMILES string of the molecule is COC(=O)c1cc2c(o1)CCCn1ncc(Br)c1-2. The Labute approximate surface area is 112 Å². The lowest BCUT2D eigenvalue weighted by atomic mass is 10.1. The molecule has 0 radical (unpaired) electrons. The van der Waals surface area contributed by atoms with Gasteiger partial charge in [0.25, 0.3) is 0 Å². The van der Waals surface area contributed by atoms with E-state index in [0.29, 0.717) is 0 Å². The van der Waals surface area contributed by atoms with Gasteiger partial charge in [0, 0.05) is 24.6 Å². The molecule has 6 heteroatoms. The molecule has 1 aliphatic heterocycles. The van der Waals surface area contributed by atoms with Crippen LogP contribution < -0.4 is 0 Å². The van der Waals surface area contributed by atoms with E-state index in [1.807, 2.05) is 4.68 Å². The highest BCUT2D eigenvalue weighted by Gasteiger charge is 2.24. The molecule has 94 valence electrons. The summed E-state index contributed by atoms with van der Waals surface area (Å²) in [6, 6.07) is 1.73. The Morgan fingerprint density at radius 2 is 2.44 bits per heavy atom. The largest absolute Gasteiger partial charge is 0.463 e. The summed E-state index contributed by atoms with van der Waals surface area (Å²) in [7, 11) is 1.34. The third kappa shape index (κ3) is 1.68. The smallest absolute Gasteiger partial charge is 0.373 e. The van der Waals surface area contributed by atoms with Crippen LogP contribution in [0.1, 0.15) is 22.7 Å². The van der Waals surface area contributed by atoms with Crippen molar-refractivity contribution in [3.63, 3.8) is 0 Å². The fourth-order valence-corrected chi connectivity index (χ4v) is 2.72. The monoisotopic (exact) mass is 310 g/mol. The van der Waals surface area contributed by atoms with E-state index >= 15 is 0 Å². The Morgan fingerprint density at radius 3 is 3.22 bits per heavy atom. The van der Waals surface area contributed by atoms with Crippen LogP contribution in [-0.2, 0) is 17.7 Å². The number of hydrogen-bond acceptors (Lipinski definition) is 4. The maximum Gasteiger partial charge on any atom is 0.373 e. The second kappa shape index (κ2) is 4.28. The maximum absolute atomic E-state index is 11.5. The number of ether oxygens (including phenoxy) is 1. The molecule has 2 aromatic heterocycles. The molecule has 3 rings (SSSR count). The molecule has 0 N–H and O–H groups in total. The van der Waals surface area contributed by atoms with Crippen LogP contribution in [0.25, 0.3) is 11.3 Å². The number of aryl methyl sites for hydroxylation is 2. The quantitative estimate of drug-likeness (QED) is 0.760. The number of hydrogen-bond donors (Lipinski definition) is 0. The molecule has 0 aromatic carbocycles. The first kappa shape index (κ1) is 11.5. The summed E-state index contributed by atoms with van der Waals surface area (Å²) < 4.78 is 13.1. The third-order valence-electron chi connectivity index (χ3n) is 3.02. The predicted molar refractivity (Wildman–Crippen MR) is 67.3 cm³/mol. The number of esters is 1. The molecule has 0 spiro atoms. The van der Waals surface area contributed by atoms with Gasteiger partial charge in [0.2, 0.25) is 5.76 Å². The molecular formula is C12H11BrN2O3. The van der Waals surface area contributed by atoms with Crippen LogP contribution in [0.3, 0.4) is 0 Å². The van der Waals surface area contributed by atoms with Crippen molar-refractivity contribution in [2.24, 2.45) is 0 Å². The summed E-state index contributed by atoms with van der Waals surface area (Å²) in [6.07, 6.45) is 3.49. The number of aromatic nitrogens is 2. The van der Waals surface area contributed by atoms with Crippen molar-refractivity contribution in [1.82, 2.24) is 9.78 Å². The van der Waals surface area contributed by atoms with Crippen LogP contribution in [0.15, 0.2) is 21.2 Å². The van der Waals surface area contributed by atoms with E-state index in [2.05, 4.69) is 25.8 Å². The number of rotatable bonds is 1. The highest BCUT2D eigenvalue weighted by Crippen LogP contribution is 2.36. The summed E-state index contributed by atoms with van der Waals surface area (Å²) in [5.74, 6) is 0.602. The molecule has 0 amide bonds. The van der Waals surface area contributed by atoms with Gasteiger partial charge in [-0.15, -0.1) is 0 Å². The van der Waals surface area contributed by atoms with E-state index in [-0.39, 0.29) is 5.76 Å². The zero-order chi connectivity index (χ0) is 12.7. The summed E-state index contributed by atoms with van der Waals surface area (Å²) in [6.45, 7) is 0.846. The van der Waals surface area contributed by atoms with Crippen molar-refractivity contribution in [1.29, 1.82) is 0 Å². The number of fused-ring (bicyclic) bond motifs is 3. The maximum atomic E-state index is 11.5. The number of halogens is 1. The highest BCUT2D eigenvalue weighted by atomic mass is 79.9. The van der Waals surface area contributed by atoms with E-state index in [0.717, 1.165) is 40.9 Å². The Bertz CT molecular complexity index is 615. The van der Waals surface area contributed by atoms with E-state index in [1.54, 1.807) is 12.3 Å². The first-order valence-electron chi connectivity index (χ1n) is 5.63. The Kier molecular flexibility index (Phi) is 2.74. The lowest BCUT2D eigenvalue weighted by molar-refractivity contribution is 0.0563. The van der Waals surface area contributed by atoms with Crippen molar-refractivity contribution >= 4 is 21.9 Å². The first-order valence-corrected chi connectivity index (χ1v) is 6.42. The molecule has 0 saturated heterocycles. The van der Waals surface area contributed by atoms with Crippen molar-refractivity contribution < 1.29 is 13.9 Å². The van der Waals surface area contributed by atoms with Crippen molar-refractivity contribution in [2.45, 2.75) is 19.4 Å². The Morgan fingerprint density at radius 1 is 1.61 bits per heavy atom. The molecule has 0 unspecified atom stereocenters. The van der Waals surface area contributed by atoms with Gasteiger partial charge in [0.1, 0.15) is 5.76 Å². The van der Waals surface area contributed by atoms with Crippen LogP contribution in [-0.4, -0.2) is 22.9 Å². The molecule has 0 saturated carbocycles. The molecule has 3 heterocycles. The van der Waals surface area contributed by atoms with E-state index in [1.165, 1.54) is 7.11 Å². The van der Waals surface area contributed by atoms with Gasteiger partial charge >= 0.3 is 5.97 Å². The Balaban J connectivity index is 2.17. The topological polar surface area (TPSA) is 57.3 Å². The second-order valence-electron chi connectivity index (χ2n) is 4.11. The lowest BCUT2D eigenvalue weighted by Crippen LogP contribution is -2.01. The minimum absolute atomic E-state index is 0.240. The normalized spacial score (nSPS) is 13.7. The van der Waals surface area contributed by atoms with Gasteiger partial charge in [-0.3, -0.25) is 4.68 Å². The van der Waals surface area contributed by atoms with Crippen LogP contribution in [0.4, 0.5) is 0 Å². The van der Waals surface area contributed by atoms with Crippen LogP contribution in [0.2, 0.25) is 0 Å². The highest BCUT2D eigenvalue weighted by molar-refractivity contribution is 9.10. The lowest BCUT2D eigenvalue weighted by Gasteiger charge is -2.01. The van der Waals surface area contributed by atoms with E-state index in [9.17, 15) is 4.79 Å². The van der Waals surface area contributed by atoms with Gasteiger partial charge in [0.15, 0.2) is 0 Å².